The zero-order valence-corrected chi connectivity index (χ0v) is 9.39. The second-order valence-corrected chi connectivity index (χ2v) is 3.33. The Morgan fingerprint density at radius 2 is 2.13 bits per heavy atom. The van der Waals surface area contributed by atoms with Crippen molar-refractivity contribution >= 4 is 5.91 Å². The van der Waals surface area contributed by atoms with E-state index in [9.17, 15) is 4.79 Å². The van der Waals surface area contributed by atoms with Crippen LogP contribution in [0, 0.1) is 0 Å². The normalized spacial score (nSPS) is 10.3. The highest BCUT2D eigenvalue weighted by atomic mass is 16.2. The van der Waals surface area contributed by atoms with Gasteiger partial charge in [-0.05, 0) is 20.3 Å². The van der Waals surface area contributed by atoms with E-state index in [1.807, 2.05) is 18.7 Å². The highest BCUT2D eigenvalue weighted by Gasteiger charge is 2.08. The third-order valence-corrected chi connectivity index (χ3v) is 2.36. The average Bonchev–Trinajstić information content (AvgIpc) is 2.72. The first-order valence-electron chi connectivity index (χ1n) is 5.38. The molecule has 1 rings (SSSR count). The van der Waals surface area contributed by atoms with E-state index in [1.54, 1.807) is 11.0 Å². The molecular weight excluding hydrogens is 192 g/mol. The Morgan fingerprint density at radius 1 is 1.40 bits per heavy atom. The first-order chi connectivity index (χ1) is 7.27. The molecule has 0 radical (unpaired) electrons. The summed E-state index contributed by atoms with van der Waals surface area (Å²) >= 11 is 0. The van der Waals surface area contributed by atoms with E-state index < -0.39 is 0 Å². The number of aromatic nitrogens is 3. The van der Waals surface area contributed by atoms with Crippen LogP contribution in [-0.4, -0.2) is 38.7 Å². The van der Waals surface area contributed by atoms with Crippen molar-refractivity contribution in [3.8, 4) is 0 Å². The van der Waals surface area contributed by atoms with Gasteiger partial charge in [0, 0.05) is 26.1 Å². The van der Waals surface area contributed by atoms with Crippen LogP contribution in [0.5, 0.6) is 0 Å². The first kappa shape index (κ1) is 11.7. The largest absolute Gasteiger partial charge is 0.343 e. The van der Waals surface area contributed by atoms with E-state index in [4.69, 9.17) is 0 Å². The molecule has 0 atom stereocenters. The minimum atomic E-state index is 0.222. The number of hydrogen-bond donors (Lipinski definition) is 0. The molecule has 15 heavy (non-hydrogen) atoms. The first-order valence-corrected chi connectivity index (χ1v) is 5.38. The Morgan fingerprint density at radius 3 is 2.67 bits per heavy atom. The molecular formula is C10H18N4O. The van der Waals surface area contributed by atoms with E-state index in [-0.39, 0.29) is 5.91 Å². The Kier molecular flexibility index (Phi) is 4.80. The Hall–Kier alpha value is -1.39. The molecule has 1 aromatic heterocycles. The minimum absolute atomic E-state index is 0.222. The smallest absolute Gasteiger partial charge is 0.222 e. The van der Waals surface area contributed by atoms with Crippen molar-refractivity contribution in [3.63, 3.8) is 0 Å². The molecule has 84 valence electrons. The molecule has 0 saturated carbocycles. The molecule has 0 fully saturated rings. The summed E-state index contributed by atoms with van der Waals surface area (Å²) in [4.78, 5) is 17.3. The fraction of sp³-hybridized carbons (Fsp3) is 0.700. The lowest BCUT2D eigenvalue weighted by Gasteiger charge is -2.18. The molecule has 0 N–H and O–H groups in total. The van der Waals surface area contributed by atoms with Crippen LogP contribution < -0.4 is 0 Å². The molecule has 1 aromatic rings. The van der Waals surface area contributed by atoms with Gasteiger partial charge in [0.25, 0.3) is 0 Å². The Bertz CT molecular complexity index is 280. The van der Waals surface area contributed by atoms with Crippen molar-refractivity contribution in [1.82, 2.24) is 19.7 Å². The van der Waals surface area contributed by atoms with Gasteiger partial charge < -0.3 is 4.90 Å². The maximum Gasteiger partial charge on any atom is 0.222 e. The molecule has 5 heteroatoms. The summed E-state index contributed by atoms with van der Waals surface area (Å²) in [7, 11) is 0. The number of rotatable bonds is 6. The predicted octanol–water partition coefficient (Wildman–Crippen LogP) is 0.927. The average molecular weight is 210 g/mol. The van der Waals surface area contributed by atoms with Gasteiger partial charge in [-0.1, -0.05) is 0 Å². The van der Waals surface area contributed by atoms with Gasteiger partial charge in [-0.3, -0.25) is 9.48 Å². The maximum absolute atomic E-state index is 11.6. The van der Waals surface area contributed by atoms with Gasteiger partial charge in [0.15, 0.2) is 0 Å². The lowest BCUT2D eigenvalue weighted by atomic mass is 10.2. The van der Waals surface area contributed by atoms with Crippen LogP contribution in [0.4, 0.5) is 0 Å². The van der Waals surface area contributed by atoms with Gasteiger partial charge in [-0.2, -0.15) is 5.10 Å². The monoisotopic (exact) mass is 210 g/mol. The van der Waals surface area contributed by atoms with Gasteiger partial charge >= 0.3 is 0 Å². The van der Waals surface area contributed by atoms with Crippen LogP contribution in [0.1, 0.15) is 26.7 Å². The van der Waals surface area contributed by atoms with Crippen LogP contribution in [0.15, 0.2) is 12.7 Å². The van der Waals surface area contributed by atoms with Crippen LogP contribution >= 0.6 is 0 Å². The summed E-state index contributed by atoms with van der Waals surface area (Å²) in [5.41, 5.74) is 0. The van der Waals surface area contributed by atoms with Gasteiger partial charge in [0.05, 0.1) is 0 Å². The molecule has 0 aliphatic heterocycles. The summed E-state index contributed by atoms with van der Waals surface area (Å²) in [5.74, 6) is 0.222. The van der Waals surface area contributed by atoms with Gasteiger partial charge in [0.1, 0.15) is 12.7 Å². The fourth-order valence-corrected chi connectivity index (χ4v) is 1.47. The van der Waals surface area contributed by atoms with Crippen LogP contribution in [0.2, 0.25) is 0 Å². The molecule has 5 nitrogen and oxygen atoms in total. The fourth-order valence-electron chi connectivity index (χ4n) is 1.47. The lowest BCUT2D eigenvalue weighted by molar-refractivity contribution is -0.130. The maximum atomic E-state index is 11.6. The van der Waals surface area contributed by atoms with Crippen LogP contribution in [-0.2, 0) is 11.3 Å². The van der Waals surface area contributed by atoms with Crippen molar-refractivity contribution in [2.24, 2.45) is 0 Å². The molecule has 0 unspecified atom stereocenters. The molecule has 1 amide bonds. The molecule has 0 aliphatic rings. The van der Waals surface area contributed by atoms with Crippen molar-refractivity contribution in [2.45, 2.75) is 33.2 Å². The third kappa shape index (κ3) is 3.69. The zero-order chi connectivity index (χ0) is 11.1. The van der Waals surface area contributed by atoms with Crippen LogP contribution in [0.3, 0.4) is 0 Å². The molecule has 0 spiro atoms. The van der Waals surface area contributed by atoms with Crippen LogP contribution in [0.25, 0.3) is 0 Å². The standard InChI is InChI=1S/C10H18N4O/c1-3-13(4-2)10(15)6-5-7-14-9-11-8-12-14/h8-9H,3-7H2,1-2H3. The molecule has 0 bridgehead atoms. The van der Waals surface area contributed by atoms with Gasteiger partial charge in [-0.15, -0.1) is 0 Å². The molecule has 1 heterocycles. The van der Waals surface area contributed by atoms with Crippen molar-refractivity contribution < 1.29 is 4.79 Å². The summed E-state index contributed by atoms with van der Waals surface area (Å²) < 4.78 is 1.75. The van der Waals surface area contributed by atoms with E-state index in [0.717, 1.165) is 26.1 Å². The number of hydrogen-bond acceptors (Lipinski definition) is 3. The number of carbonyl (C=O) groups excluding carboxylic acids is 1. The van der Waals surface area contributed by atoms with Gasteiger partial charge in [-0.25, -0.2) is 4.98 Å². The molecule has 0 saturated heterocycles. The Balaban J connectivity index is 2.22. The minimum Gasteiger partial charge on any atom is -0.343 e. The van der Waals surface area contributed by atoms with Crippen molar-refractivity contribution in [1.29, 1.82) is 0 Å². The predicted molar refractivity (Wildman–Crippen MR) is 57.2 cm³/mol. The van der Waals surface area contributed by atoms with E-state index in [1.165, 1.54) is 6.33 Å². The molecule has 0 aliphatic carbocycles. The number of amides is 1. The highest BCUT2D eigenvalue weighted by Crippen LogP contribution is 1.99. The SMILES string of the molecule is CCN(CC)C(=O)CCCn1cncn1. The van der Waals surface area contributed by atoms with Gasteiger partial charge in [0.2, 0.25) is 5.91 Å². The lowest BCUT2D eigenvalue weighted by Crippen LogP contribution is -2.30. The summed E-state index contributed by atoms with van der Waals surface area (Å²) in [6, 6.07) is 0. The summed E-state index contributed by atoms with van der Waals surface area (Å²) in [6.45, 7) is 6.34. The zero-order valence-electron chi connectivity index (χ0n) is 9.39. The number of carbonyl (C=O) groups is 1. The second-order valence-electron chi connectivity index (χ2n) is 3.33. The van der Waals surface area contributed by atoms with E-state index >= 15 is 0 Å². The quantitative estimate of drug-likeness (QED) is 0.701. The van der Waals surface area contributed by atoms with E-state index in [0.29, 0.717) is 6.42 Å². The Labute approximate surface area is 90.1 Å². The highest BCUT2D eigenvalue weighted by molar-refractivity contribution is 5.75. The topological polar surface area (TPSA) is 51.0 Å². The number of nitrogens with zero attached hydrogens (tertiary/aromatic N) is 4. The summed E-state index contributed by atoms with van der Waals surface area (Å²) in [6.07, 6.45) is 4.58. The second kappa shape index (κ2) is 6.16. The van der Waals surface area contributed by atoms with Crippen molar-refractivity contribution in [3.05, 3.63) is 12.7 Å². The van der Waals surface area contributed by atoms with Crippen molar-refractivity contribution in [2.75, 3.05) is 13.1 Å². The summed E-state index contributed by atoms with van der Waals surface area (Å²) in [5, 5.41) is 3.98. The molecule has 0 aromatic carbocycles. The number of aryl methyl sites for hydroxylation is 1. The van der Waals surface area contributed by atoms with E-state index in [2.05, 4.69) is 10.1 Å². The third-order valence-electron chi connectivity index (χ3n) is 2.36.